The molecule has 0 spiro atoms. The lowest BCUT2D eigenvalue weighted by atomic mass is 10.0. The number of benzene rings is 1. The van der Waals surface area contributed by atoms with Crippen molar-refractivity contribution < 1.29 is 9.59 Å². The maximum absolute atomic E-state index is 13.3. The number of Topliss-reactive ketones (excluding diaryl/α,β-unsaturated/α-hetero) is 1. The van der Waals surface area contributed by atoms with Crippen LogP contribution in [0.2, 0.25) is 0 Å². The Bertz CT molecular complexity index is 938. The second kappa shape index (κ2) is 12.4. The Kier molecular flexibility index (Phi) is 9.95. The summed E-state index contributed by atoms with van der Waals surface area (Å²) in [5.74, 6) is -0.315. The van der Waals surface area contributed by atoms with Gasteiger partial charge in [-0.05, 0) is 37.8 Å². The summed E-state index contributed by atoms with van der Waals surface area (Å²) in [7, 11) is 0. The van der Waals surface area contributed by atoms with E-state index in [1.807, 2.05) is 45.0 Å². The average molecular weight is 442 g/mol. The first-order chi connectivity index (χ1) is 15.3. The molecule has 0 aliphatic rings. The van der Waals surface area contributed by atoms with Gasteiger partial charge >= 0.3 is 0 Å². The lowest BCUT2D eigenvalue weighted by Gasteiger charge is -2.22. The molecule has 1 aromatic carbocycles. The lowest BCUT2D eigenvalue weighted by Crippen LogP contribution is -2.38. The van der Waals surface area contributed by atoms with Crippen molar-refractivity contribution in [2.24, 2.45) is 0 Å². The molecule has 1 aromatic heterocycles. The number of unbranched alkanes of at least 4 members (excludes halogenated alkanes) is 4. The molecule has 6 heteroatoms. The largest absolute Gasteiger partial charge is 0.335 e. The van der Waals surface area contributed by atoms with E-state index in [0.29, 0.717) is 24.3 Å². The third kappa shape index (κ3) is 6.68. The molecule has 0 atom stereocenters. The number of carbonyl (C=O) groups excluding carboxylic acids is 2. The number of nitrogens with one attached hydrogen (secondary N) is 1. The first kappa shape index (κ1) is 25.6. The number of amides is 1. The summed E-state index contributed by atoms with van der Waals surface area (Å²) >= 11 is 0. The van der Waals surface area contributed by atoms with Crippen molar-refractivity contribution >= 4 is 11.7 Å². The quantitative estimate of drug-likeness (QED) is 0.335. The maximum atomic E-state index is 13.3. The van der Waals surface area contributed by atoms with Gasteiger partial charge in [0.25, 0.3) is 5.56 Å². The normalized spacial score (nSPS) is 11.2. The highest BCUT2D eigenvalue weighted by Crippen LogP contribution is 2.18. The van der Waals surface area contributed by atoms with Crippen LogP contribution in [0.3, 0.4) is 0 Å². The second-order valence-electron chi connectivity index (χ2n) is 8.93. The molecular weight excluding hydrogens is 402 g/mol. The highest BCUT2D eigenvalue weighted by Gasteiger charge is 2.26. The highest BCUT2D eigenvalue weighted by molar-refractivity contribution is 6.00. The van der Waals surface area contributed by atoms with E-state index in [1.54, 1.807) is 4.90 Å². The van der Waals surface area contributed by atoms with Crippen molar-refractivity contribution in [2.45, 2.75) is 85.5 Å². The van der Waals surface area contributed by atoms with Crippen molar-refractivity contribution in [3.63, 3.8) is 0 Å². The topological polar surface area (TPSA) is 75.2 Å². The number of aromatic amines is 1. The van der Waals surface area contributed by atoms with Gasteiger partial charge in [-0.2, -0.15) is 0 Å². The number of rotatable bonds is 13. The summed E-state index contributed by atoms with van der Waals surface area (Å²) in [5, 5.41) is 3.14. The summed E-state index contributed by atoms with van der Waals surface area (Å²) < 4.78 is 1.44. The van der Waals surface area contributed by atoms with Crippen LogP contribution >= 0.6 is 0 Å². The fourth-order valence-corrected chi connectivity index (χ4v) is 3.77. The third-order valence-electron chi connectivity index (χ3n) is 5.78. The number of aryl methyl sites for hydroxylation is 1. The minimum Gasteiger partial charge on any atom is -0.335 e. The lowest BCUT2D eigenvalue weighted by molar-refractivity contribution is -0.131. The zero-order valence-corrected chi connectivity index (χ0v) is 20.4. The summed E-state index contributed by atoms with van der Waals surface area (Å²) in [6.45, 7) is 10.6. The van der Waals surface area contributed by atoms with Crippen molar-refractivity contribution in [3.8, 4) is 5.69 Å². The van der Waals surface area contributed by atoms with Gasteiger partial charge < -0.3 is 4.90 Å². The van der Waals surface area contributed by atoms with E-state index in [9.17, 15) is 14.4 Å². The zero-order valence-electron chi connectivity index (χ0n) is 20.4. The molecule has 1 heterocycles. The van der Waals surface area contributed by atoms with Crippen LogP contribution in [-0.2, 0) is 4.79 Å². The highest BCUT2D eigenvalue weighted by atomic mass is 16.2. The molecule has 176 valence electrons. The zero-order chi connectivity index (χ0) is 23.7. The molecule has 0 fully saturated rings. The van der Waals surface area contributed by atoms with Crippen LogP contribution in [0.4, 0.5) is 0 Å². The van der Waals surface area contributed by atoms with Gasteiger partial charge in [-0.15, -0.1) is 0 Å². The van der Waals surface area contributed by atoms with E-state index in [2.05, 4.69) is 18.9 Å². The molecule has 0 unspecified atom stereocenters. The first-order valence-electron chi connectivity index (χ1n) is 12.0. The van der Waals surface area contributed by atoms with Gasteiger partial charge in [0.1, 0.15) is 5.56 Å². The second-order valence-corrected chi connectivity index (χ2v) is 8.93. The van der Waals surface area contributed by atoms with Crippen LogP contribution in [0.15, 0.2) is 29.1 Å². The van der Waals surface area contributed by atoms with Crippen molar-refractivity contribution in [1.82, 2.24) is 14.7 Å². The molecule has 0 aliphatic carbocycles. The smallest absolute Gasteiger partial charge is 0.282 e. The fourth-order valence-electron chi connectivity index (χ4n) is 3.77. The first-order valence-corrected chi connectivity index (χ1v) is 12.0. The standard InChI is InChI=1S/C26H39N3O3/c1-6-8-10-11-12-23(31)28(17-9-7-2)18-22(30)24-25(19(3)4)27-29(26(24)32)21-15-13-20(5)14-16-21/h13-16,19,27H,6-12,17-18H2,1-5H3. The van der Waals surface area contributed by atoms with E-state index in [1.165, 1.54) is 4.68 Å². The van der Waals surface area contributed by atoms with E-state index in [-0.39, 0.29) is 35.3 Å². The summed E-state index contributed by atoms with van der Waals surface area (Å²) in [4.78, 5) is 41.0. The van der Waals surface area contributed by atoms with Gasteiger partial charge in [0.05, 0.1) is 17.9 Å². The number of carbonyl (C=O) groups is 2. The molecular formula is C26H39N3O3. The Hall–Kier alpha value is -2.63. The van der Waals surface area contributed by atoms with Gasteiger partial charge in [-0.25, -0.2) is 4.68 Å². The SMILES string of the molecule is CCCCCCC(=O)N(CCCC)CC(=O)c1c(C(C)C)[nH]n(-c2ccc(C)cc2)c1=O. The third-order valence-corrected chi connectivity index (χ3v) is 5.78. The van der Waals surface area contributed by atoms with Crippen LogP contribution in [0.25, 0.3) is 5.69 Å². The van der Waals surface area contributed by atoms with E-state index in [4.69, 9.17) is 0 Å². The molecule has 0 bridgehead atoms. The molecule has 0 radical (unpaired) electrons. The van der Waals surface area contributed by atoms with Crippen molar-refractivity contribution in [2.75, 3.05) is 13.1 Å². The minimum absolute atomic E-state index is 0.00314. The predicted molar refractivity (Wildman–Crippen MR) is 130 cm³/mol. The molecule has 32 heavy (non-hydrogen) atoms. The van der Waals surface area contributed by atoms with Gasteiger partial charge in [0, 0.05) is 13.0 Å². The van der Waals surface area contributed by atoms with Crippen LogP contribution in [0.1, 0.15) is 100 Å². The van der Waals surface area contributed by atoms with Gasteiger partial charge in [0.2, 0.25) is 5.91 Å². The van der Waals surface area contributed by atoms with Gasteiger partial charge in [0.15, 0.2) is 5.78 Å². The molecule has 0 aliphatic heterocycles. The Morgan fingerprint density at radius 2 is 1.66 bits per heavy atom. The van der Waals surface area contributed by atoms with E-state index in [0.717, 1.165) is 44.1 Å². The Morgan fingerprint density at radius 3 is 2.25 bits per heavy atom. The summed E-state index contributed by atoms with van der Waals surface area (Å²) in [6, 6.07) is 7.59. The molecule has 2 rings (SSSR count). The molecule has 6 nitrogen and oxygen atoms in total. The molecule has 0 saturated carbocycles. The Labute approximate surface area is 192 Å². The van der Waals surface area contributed by atoms with Crippen LogP contribution in [0.5, 0.6) is 0 Å². The van der Waals surface area contributed by atoms with E-state index < -0.39 is 0 Å². The molecule has 1 N–H and O–H groups in total. The van der Waals surface area contributed by atoms with Crippen molar-refractivity contribution in [1.29, 1.82) is 0 Å². The number of hydrogen-bond donors (Lipinski definition) is 1. The van der Waals surface area contributed by atoms with E-state index >= 15 is 0 Å². The summed E-state index contributed by atoms with van der Waals surface area (Å²) in [6.07, 6.45) is 6.32. The van der Waals surface area contributed by atoms with Gasteiger partial charge in [-0.3, -0.25) is 19.5 Å². The number of ketones is 1. The Balaban J connectivity index is 2.29. The summed E-state index contributed by atoms with van der Waals surface area (Å²) in [5.41, 5.74) is 2.22. The number of H-pyrrole nitrogens is 1. The van der Waals surface area contributed by atoms with Crippen LogP contribution < -0.4 is 5.56 Å². The monoisotopic (exact) mass is 441 g/mol. The molecule has 1 amide bonds. The number of hydrogen-bond acceptors (Lipinski definition) is 3. The van der Waals surface area contributed by atoms with Crippen molar-refractivity contribution in [3.05, 3.63) is 51.4 Å². The van der Waals surface area contributed by atoms with Gasteiger partial charge in [-0.1, -0.05) is 71.1 Å². The molecule has 2 aromatic rings. The number of nitrogens with zero attached hydrogens (tertiary/aromatic N) is 2. The fraction of sp³-hybridized carbons (Fsp3) is 0.577. The van der Waals surface area contributed by atoms with Crippen LogP contribution in [-0.4, -0.2) is 39.5 Å². The predicted octanol–water partition coefficient (Wildman–Crippen LogP) is 5.38. The Morgan fingerprint density at radius 1 is 1.00 bits per heavy atom. The molecule has 0 saturated heterocycles. The minimum atomic E-state index is -0.353. The number of aromatic nitrogens is 2. The van der Waals surface area contributed by atoms with Crippen LogP contribution in [0, 0.1) is 6.92 Å². The average Bonchev–Trinajstić information content (AvgIpc) is 3.12. The maximum Gasteiger partial charge on any atom is 0.282 e.